The molecule has 0 aliphatic rings. The third-order valence-electron chi connectivity index (χ3n) is 2.58. The fraction of sp³-hybridized carbons (Fsp3) is 0.286. The molecular formula is C14H17NO5. The van der Waals surface area contributed by atoms with E-state index in [4.69, 9.17) is 14.6 Å². The third-order valence-corrected chi connectivity index (χ3v) is 2.58. The quantitative estimate of drug-likeness (QED) is 0.767. The molecule has 0 radical (unpaired) electrons. The van der Waals surface area contributed by atoms with E-state index in [1.54, 1.807) is 18.2 Å². The van der Waals surface area contributed by atoms with Gasteiger partial charge in [0.05, 0.1) is 14.2 Å². The van der Waals surface area contributed by atoms with Crippen LogP contribution in [0.25, 0.3) is 6.08 Å². The smallest absolute Gasteiger partial charge is 0.325 e. The number of ether oxygens (including phenoxy) is 2. The van der Waals surface area contributed by atoms with E-state index in [0.29, 0.717) is 17.1 Å². The molecule has 108 valence electrons. The topological polar surface area (TPSA) is 84.9 Å². The number of benzene rings is 1. The number of hydrogen-bond donors (Lipinski definition) is 2. The van der Waals surface area contributed by atoms with Crippen molar-refractivity contribution < 1.29 is 24.2 Å². The van der Waals surface area contributed by atoms with Crippen LogP contribution in [0.1, 0.15) is 12.5 Å². The van der Waals surface area contributed by atoms with Crippen molar-refractivity contribution in [2.45, 2.75) is 13.0 Å². The summed E-state index contributed by atoms with van der Waals surface area (Å²) in [4.78, 5) is 22.2. The second-order valence-electron chi connectivity index (χ2n) is 4.01. The molecule has 0 unspecified atom stereocenters. The van der Waals surface area contributed by atoms with E-state index >= 15 is 0 Å². The van der Waals surface area contributed by atoms with Gasteiger partial charge in [0.15, 0.2) is 0 Å². The Kier molecular flexibility index (Phi) is 5.58. The molecule has 0 fully saturated rings. The summed E-state index contributed by atoms with van der Waals surface area (Å²) in [5.74, 6) is -0.374. The highest BCUT2D eigenvalue weighted by atomic mass is 16.5. The first-order valence-electron chi connectivity index (χ1n) is 5.91. The lowest BCUT2D eigenvalue weighted by atomic mass is 10.1. The van der Waals surface area contributed by atoms with Crippen LogP contribution in [-0.4, -0.2) is 37.2 Å². The molecule has 0 bridgehead atoms. The van der Waals surface area contributed by atoms with Gasteiger partial charge in [0.25, 0.3) is 0 Å². The Morgan fingerprint density at radius 3 is 2.55 bits per heavy atom. The number of carboxylic acids is 1. The number of hydrogen-bond acceptors (Lipinski definition) is 4. The van der Waals surface area contributed by atoms with E-state index in [1.807, 2.05) is 0 Å². The number of amides is 1. The standard InChI is InChI=1S/C14H17NO5/c1-9(14(17)18)15-13(16)7-4-10-8-11(19-2)5-6-12(10)20-3/h4-9H,1-3H3,(H,15,16)(H,17,18)/b7-4+/t9-/m0/s1. The lowest BCUT2D eigenvalue weighted by Gasteiger charge is -2.08. The van der Waals surface area contributed by atoms with Crippen molar-refractivity contribution in [3.63, 3.8) is 0 Å². The first kappa shape index (κ1) is 15.6. The lowest BCUT2D eigenvalue weighted by molar-refractivity contribution is -0.140. The Morgan fingerprint density at radius 1 is 1.30 bits per heavy atom. The number of aliphatic carboxylic acids is 1. The van der Waals surface area contributed by atoms with E-state index in [-0.39, 0.29) is 0 Å². The molecule has 0 spiro atoms. The monoisotopic (exact) mass is 279 g/mol. The van der Waals surface area contributed by atoms with Gasteiger partial charge in [0, 0.05) is 11.6 Å². The van der Waals surface area contributed by atoms with Gasteiger partial charge in [0.2, 0.25) is 5.91 Å². The minimum Gasteiger partial charge on any atom is -0.497 e. The van der Waals surface area contributed by atoms with Crippen molar-refractivity contribution in [1.29, 1.82) is 0 Å². The molecule has 0 heterocycles. The Balaban J connectivity index is 2.83. The van der Waals surface area contributed by atoms with E-state index in [9.17, 15) is 9.59 Å². The first-order chi connectivity index (χ1) is 9.47. The summed E-state index contributed by atoms with van der Waals surface area (Å²) in [6.07, 6.45) is 2.78. The van der Waals surface area contributed by atoms with E-state index in [2.05, 4.69) is 5.32 Å². The summed E-state index contributed by atoms with van der Waals surface area (Å²) in [6, 6.07) is 4.22. The molecule has 0 aliphatic heterocycles. The largest absolute Gasteiger partial charge is 0.497 e. The van der Waals surface area contributed by atoms with Gasteiger partial charge in [-0.05, 0) is 31.2 Å². The van der Waals surface area contributed by atoms with Gasteiger partial charge in [-0.3, -0.25) is 9.59 Å². The molecule has 6 heteroatoms. The van der Waals surface area contributed by atoms with Crippen LogP contribution in [0.4, 0.5) is 0 Å². The van der Waals surface area contributed by atoms with E-state index in [1.165, 1.54) is 33.3 Å². The highest BCUT2D eigenvalue weighted by molar-refractivity contribution is 5.94. The molecule has 1 atom stereocenters. The molecule has 0 saturated carbocycles. The molecule has 0 aromatic heterocycles. The maximum atomic E-state index is 11.6. The maximum absolute atomic E-state index is 11.6. The van der Waals surface area contributed by atoms with Gasteiger partial charge in [-0.15, -0.1) is 0 Å². The van der Waals surface area contributed by atoms with Gasteiger partial charge in [-0.25, -0.2) is 0 Å². The second-order valence-corrected chi connectivity index (χ2v) is 4.01. The number of carboxylic acid groups (broad SMARTS) is 1. The molecule has 0 aliphatic carbocycles. The summed E-state index contributed by atoms with van der Waals surface area (Å²) in [5, 5.41) is 11.0. The Labute approximate surface area is 117 Å². The van der Waals surface area contributed by atoms with Gasteiger partial charge >= 0.3 is 5.97 Å². The first-order valence-corrected chi connectivity index (χ1v) is 5.91. The molecule has 1 aromatic carbocycles. The minimum absolute atomic E-state index is 0.496. The van der Waals surface area contributed by atoms with Crippen LogP contribution in [0.2, 0.25) is 0 Å². The van der Waals surface area contributed by atoms with Crippen LogP contribution < -0.4 is 14.8 Å². The summed E-state index contributed by atoms with van der Waals surface area (Å²) in [7, 11) is 3.06. The Hall–Kier alpha value is -2.50. The summed E-state index contributed by atoms with van der Waals surface area (Å²) >= 11 is 0. The molecule has 1 aromatic rings. The number of nitrogens with one attached hydrogen (secondary N) is 1. The van der Waals surface area contributed by atoms with Crippen molar-refractivity contribution in [3.8, 4) is 11.5 Å². The maximum Gasteiger partial charge on any atom is 0.325 e. The number of carbonyl (C=O) groups is 2. The van der Waals surface area contributed by atoms with Gasteiger partial charge in [-0.1, -0.05) is 0 Å². The Bertz CT molecular complexity index is 524. The number of rotatable bonds is 6. The predicted octanol–water partition coefficient (Wildman–Crippen LogP) is 1.31. The fourth-order valence-corrected chi connectivity index (χ4v) is 1.46. The van der Waals surface area contributed by atoms with Crippen molar-refractivity contribution in [1.82, 2.24) is 5.32 Å². The fourth-order valence-electron chi connectivity index (χ4n) is 1.46. The molecule has 6 nitrogen and oxygen atoms in total. The SMILES string of the molecule is COc1ccc(OC)c(/C=C/C(=O)N[C@@H](C)C(=O)O)c1. The average Bonchev–Trinajstić information content (AvgIpc) is 2.44. The lowest BCUT2D eigenvalue weighted by Crippen LogP contribution is -2.37. The van der Waals surface area contributed by atoms with Crippen LogP contribution >= 0.6 is 0 Å². The van der Waals surface area contributed by atoms with Crippen molar-refractivity contribution in [3.05, 3.63) is 29.8 Å². The second kappa shape index (κ2) is 7.18. The zero-order valence-corrected chi connectivity index (χ0v) is 11.5. The van der Waals surface area contributed by atoms with Crippen LogP contribution in [0, 0.1) is 0 Å². The normalized spacial score (nSPS) is 11.9. The average molecular weight is 279 g/mol. The van der Waals surface area contributed by atoms with Crippen molar-refractivity contribution in [2.75, 3.05) is 14.2 Å². The van der Waals surface area contributed by atoms with Gasteiger partial charge < -0.3 is 19.9 Å². The third kappa shape index (κ3) is 4.31. The van der Waals surface area contributed by atoms with Crippen LogP contribution in [-0.2, 0) is 9.59 Å². The van der Waals surface area contributed by atoms with E-state index < -0.39 is 17.9 Å². The molecule has 0 saturated heterocycles. The summed E-state index contributed by atoms with van der Waals surface area (Å²) < 4.78 is 10.3. The highest BCUT2D eigenvalue weighted by Crippen LogP contribution is 2.24. The van der Waals surface area contributed by atoms with Gasteiger partial charge in [0.1, 0.15) is 17.5 Å². The van der Waals surface area contributed by atoms with Crippen LogP contribution in [0.5, 0.6) is 11.5 Å². The molecule has 1 amide bonds. The number of carbonyl (C=O) groups excluding carboxylic acids is 1. The molecular weight excluding hydrogens is 262 g/mol. The van der Waals surface area contributed by atoms with Crippen molar-refractivity contribution >= 4 is 18.0 Å². The molecule has 1 rings (SSSR count). The predicted molar refractivity (Wildman–Crippen MR) is 73.8 cm³/mol. The van der Waals surface area contributed by atoms with Crippen molar-refractivity contribution in [2.24, 2.45) is 0 Å². The summed E-state index contributed by atoms with van der Waals surface area (Å²) in [5.41, 5.74) is 0.657. The number of methoxy groups -OCH3 is 2. The summed E-state index contributed by atoms with van der Waals surface area (Å²) in [6.45, 7) is 1.39. The van der Waals surface area contributed by atoms with Crippen LogP contribution in [0.3, 0.4) is 0 Å². The van der Waals surface area contributed by atoms with Gasteiger partial charge in [-0.2, -0.15) is 0 Å². The molecule has 2 N–H and O–H groups in total. The zero-order chi connectivity index (χ0) is 15.1. The highest BCUT2D eigenvalue weighted by Gasteiger charge is 2.12. The minimum atomic E-state index is -1.09. The molecule has 20 heavy (non-hydrogen) atoms. The van der Waals surface area contributed by atoms with Crippen LogP contribution in [0.15, 0.2) is 24.3 Å². The zero-order valence-electron chi connectivity index (χ0n) is 11.5. The van der Waals surface area contributed by atoms with E-state index in [0.717, 1.165) is 0 Å². The Morgan fingerprint density at radius 2 is 2.00 bits per heavy atom.